The van der Waals surface area contributed by atoms with Crippen molar-refractivity contribution < 1.29 is 22.8 Å². The fraction of sp³-hybridized carbons (Fsp3) is 0.300. The van der Waals surface area contributed by atoms with E-state index < -0.39 is 17.6 Å². The number of anilines is 2. The number of para-hydroxylation sites is 1. The molecule has 27 heavy (non-hydrogen) atoms. The molecule has 0 aliphatic heterocycles. The van der Waals surface area contributed by atoms with Gasteiger partial charge in [0, 0.05) is 25.6 Å². The maximum atomic E-state index is 13.2. The molecule has 2 aromatic carbocycles. The molecule has 1 N–H and O–H groups in total. The highest BCUT2D eigenvalue weighted by Crippen LogP contribution is 2.36. The molecule has 2 rings (SSSR count). The second kappa shape index (κ2) is 8.24. The number of nitrogens with zero attached hydrogens (tertiary/aromatic N) is 1. The van der Waals surface area contributed by atoms with Crippen LogP contribution in [0.4, 0.5) is 24.5 Å². The topological polar surface area (TPSA) is 49.4 Å². The van der Waals surface area contributed by atoms with E-state index in [1.54, 1.807) is 12.1 Å². The highest BCUT2D eigenvalue weighted by molar-refractivity contribution is 5.95. The fourth-order valence-electron chi connectivity index (χ4n) is 2.88. The largest absolute Gasteiger partial charge is 0.418 e. The lowest BCUT2D eigenvalue weighted by atomic mass is 10.1. The molecular formula is C20H21F3N2O2. The summed E-state index contributed by atoms with van der Waals surface area (Å²) < 4.78 is 39.7. The Balaban J connectivity index is 2.14. The Hall–Kier alpha value is -2.83. The van der Waals surface area contributed by atoms with Gasteiger partial charge in [-0.3, -0.25) is 9.59 Å². The van der Waals surface area contributed by atoms with E-state index in [-0.39, 0.29) is 24.6 Å². The van der Waals surface area contributed by atoms with Crippen molar-refractivity contribution in [2.24, 2.45) is 0 Å². The molecule has 144 valence electrons. The number of benzene rings is 2. The van der Waals surface area contributed by atoms with Crippen LogP contribution in [0.2, 0.25) is 0 Å². The van der Waals surface area contributed by atoms with E-state index in [4.69, 9.17) is 0 Å². The van der Waals surface area contributed by atoms with Crippen molar-refractivity contribution in [3.05, 3.63) is 59.2 Å². The molecule has 0 heterocycles. The number of halogens is 3. The average Bonchev–Trinajstić information content (AvgIpc) is 2.53. The maximum absolute atomic E-state index is 13.2. The number of amides is 2. The third kappa shape index (κ3) is 5.57. The van der Waals surface area contributed by atoms with Gasteiger partial charge in [-0.15, -0.1) is 0 Å². The molecular weight excluding hydrogens is 357 g/mol. The number of carbonyl (C=O) groups is 2. The Morgan fingerprint density at radius 1 is 1.04 bits per heavy atom. The summed E-state index contributed by atoms with van der Waals surface area (Å²) in [7, 11) is 0. The van der Waals surface area contributed by atoms with Gasteiger partial charge in [0.15, 0.2) is 0 Å². The summed E-state index contributed by atoms with van der Waals surface area (Å²) in [6, 6.07) is 10.4. The summed E-state index contributed by atoms with van der Waals surface area (Å²) in [6.45, 7) is 4.82. The zero-order valence-electron chi connectivity index (χ0n) is 15.4. The number of nitrogens with one attached hydrogen (secondary N) is 1. The molecule has 0 unspecified atom stereocenters. The lowest BCUT2D eigenvalue weighted by molar-refractivity contribution is -0.137. The van der Waals surface area contributed by atoms with Crippen LogP contribution in [0.15, 0.2) is 42.5 Å². The van der Waals surface area contributed by atoms with Crippen LogP contribution in [0.5, 0.6) is 0 Å². The minimum Gasteiger partial charge on any atom is -0.326 e. The van der Waals surface area contributed by atoms with Gasteiger partial charge in [-0.1, -0.05) is 18.2 Å². The molecule has 0 spiro atoms. The van der Waals surface area contributed by atoms with Crippen LogP contribution in [0, 0.1) is 13.8 Å². The first-order chi connectivity index (χ1) is 12.6. The first-order valence-electron chi connectivity index (χ1n) is 8.40. The van der Waals surface area contributed by atoms with Gasteiger partial charge in [-0.05, 0) is 49.2 Å². The molecule has 0 bridgehead atoms. The zero-order valence-corrected chi connectivity index (χ0v) is 15.4. The van der Waals surface area contributed by atoms with Gasteiger partial charge in [0.05, 0.1) is 11.3 Å². The second-order valence-corrected chi connectivity index (χ2v) is 6.36. The van der Waals surface area contributed by atoms with Crippen LogP contribution in [-0.2, 0) is 15.8 Å². The standard InChI is InChI=1S/C20H21F3N2O2/c1-13-10-14(2)12-16(11-13)24-19(27)8-9-25(15(3)26)18-7-5-4-6-17(18)20(21,22)23/h4-7,10-12H,8-9H2,1-3H3,(H,24,27). The van der Waals surface area contributed by atoms with Crippen LogP contribution in [0.1, 0.15) is 30.0 Å². The third-order valence-electron chi connectivity index (χ3n) is 3.95. The van der Waals surface area contributed by atoms with Gasteiger partial charge in [0.1, 0.15) is 0 Å². The lowest BCUT2D eigenvalue weighted by Crippen LogP contribution is -2.33. The molecule has 4 nitrogen and oxygen atoms in total. The van der Waals surface area contributed by atoms with Gasteiger partial charge in [0.2, 0.25) is 11.8 Å². The third-order valence-corrected chi connectivity index (χ3v) is 3.95. The van der Waals surface area contributed by atoms with Crippen LogP contribution in [0.25, 0.3) is 0 Å². The Bertz CT molecular complexity index is 827. The lowest BCUT2D eigenvalue weighted by Gasteiger charge is -2.24. The smallest absolute Gasteiger partial charge is 0.326 e. The Labute approximate surface area is 156 Å². The predicted octanol–water partition coefficient (Wildman–Crippen LogP) is 4.70. The number of hydrogen-bond acceptors (Lipinski definition) is 2. The van der Waals surface area contributed by atoms with E-state index in [9.17, 15) is 22.8 Å². The summed E-state index contributed by atoms with van der Waals surface area (Å²) in [5, 5.41) is 2.72. The molecule has 0 radical (unpaired) electrons. The second-order valence-electron chi connectivity index (χ2n) is 6.36. The summed E-state index contributed by atoms with van der Waals surface area (Å²) in [4.78, 5) is 25.1. The Morgan fingerprint density at radius 2 is 1.63 bits per heavy atom. The predicted molar refractivity (Wildman–Crippen MR) is 98.6 cm³/mol. The van der Waals surface area contributed by atoms with E-state index in [1.165, 1.54) is 25.1 Å². The van der Waals surface area contributed by atoms with Gasteiger partial charge in [0.25, 0.3) is 0 Å². The SMILES string of the molecule is CC(=O)N(CCC(=O)Nc1cc(C)cc(C)c1)c1ccccc1C(F)(F)F. The van der Waals surface area contributed by atoms with Gasteiger partial charge in [-0.2, -0.15) is 13.2 Å². The molecule has 0 saturated heterocycles. The summed E-state index contributed by atoms with van der Waals surface area (Å²) in [5.41, 5.74) is 1.42. The van der Waals surface area contributed by atoms with Crippen LogP contribution in [-0.4, -0.2) is 18.4 Å². The van der Waals surface area contributed by atoms with Gasteiger partial charge >= 0.3 is 6.18 Å². The van der Waals surface area contributed by atoms with E-state index in [0.29, 0.717) is 5.69 Å². The molecule has 2 aromatic rings. The molecule has 2 amide bonds. The molecule has 0 atom stereocenters. The van der Waals surface area contributed by atoms with Crippen molar-refractivity contribution in [2.45, 2.75) is 33.4 Å². The Morgan fingerprint density at radius 3 is 2.19 bits per heavy atom. The minimum atomic E-state index is -4.59. The quantitative estimate of drug-likeness (QED) is 0.820. The number of rotatable bonds is 5. The number of aryl methyl sites for hydroxylation is 2. The first-order valence-corrected chi connectivity index (χ1v) is 8.40. The summed E-state index contributed by atoms with van der Waals surface area (Å²) in [6.07, 6.45) is -4.72. The van der Waals surface area contributed by atoms with Gasteiger partial charge < -0.3 is 10.2 Å². The molecule has 7 heteroatoms. The van der Waals surface area contributed by atoms with Crippen molar-refractivity contribution >= 4 is 23.2 Å². The van der Waals surface area contributed by atoms with Crippen molar-refractivity contribution in [1.82, 2.24) is 0 Å². The molecule has 0 aliphatic carbocycles. The molecule has 0 aromatic heterocycles. The minimum absolute atomic E-state index is 0.126. The maximum Gasteiger partial charge on any atom is 0.418 e. The van der Waals surface area contributed by atoms with Crippen molar-refractivity contribution in [2.75, 3.05) is 16.8 Å². The molecule has 0 aliphatic rings. The van der Waals surface area contributed by atoms with Crippen molar-refractivity contribution in [1.29, 1.82) is 0 Å². The molecule has 0 saturated carbocycles. The summed E-state index contributed by atoms with van der Waals surface area (Å²) >= 11 is 0. The van der Waals surface area contributed by atoms with Crippen LogP contribution >= 0.6 is 0 Å². The first kappa shape index (κ1) is 20.5. The monoisotopic (exact) mass is 378 g/mol. The normalized spacial score (nSPS) is 11.2. The van der Waals surface area contributed by atoms with Gasteiger partial charge in [-0.25, -0.2) is 0 Å². The molecule has 0 fully saturated rings. The highest BCUT2D eigenvalue weighted by Gasteiger charge is 2.35. The van der Waals surface area contributed by atoms with E-state index in [0.717, 1.165) is 22.1 Å². The average molecular weight is 378 g/mol. The van der Waals surface area contributed by atoms with E-state index in [2.05, 4.69) is 5.32 Å². The van der Waals surface area contributed by atoms with Crippen LogP contribution in [0.3, 0.4) is 0 Å². The van der Waals surface area contributed by atoms with Crippen LogP contribution < -0.4 is 10.2 Å². The summed E-state index contributed by atoms with van der Waals surface area (Å²) in [5.74, 6) is -0.943. The number of hydrogen-bond donors (Lipinski definition) is 1. The van der Waals surface area contributed by atoms with Crippen molar-refractivity contribution in [3.63, 3.8) is 0 Å². The number of carbonyl (C=O) groups excluding carboxylic acids is 2. The van der Waals surface area contributed by atoms with E-state index in [1.807, 2.05) is 19.9 Å². The Kier molecular flexibility index (Phi) is 6.25. The highest BCUT2D eigenvalue weighted by atomic mass is 19.4. The van der Waals surface area contributed by atoms with E-state index >= 15 is 0 Å². The number of alkyl halides is 3. The fourth-order valence-corrected chi connectivity index (χ4v) is 2.88. The zero-order chi connectivity index (χ0) is 20.2. The van der Waals surface area contributed by atoms with Crippen molar-refractivity contribution in [3.8, 4) is 0 Å².